The lowest BCUT2D eigenvalue weighted by Crippen LogP contribution is -2.37. The molecule has 0 radical (unpaired) electrons. The quantitative estimate of drug-likeness (QED) is 0.284. The topological polar surface area (TPSA) is 80.7 Å². The summed E-state index contributed by atoms with van der Waals surface area (Å²) in [5.41, 5.74) is 7.04. The van der Waals surface area contributed by atoms with Gasteiger partial charge in [-0.15, -0.1) is 24.0 Å². The zero-order valence-electron chi connectivity index (χ0n) is 13.2. The molecule has 0 amide bonds. The van der Waals surface area contributed by atoms with Crippen LogP contribution in [0, 0.1) is 0 Å². The molecule has 1 aromatic rings. The van der Waals surface area contributed by atoms with Crippen LogP contribution >= 0.6 is 24.0 Å². The minimum Gasteiger partial charge on any atom is -0.379 e. The average Bonchev–Trinajstić information content (AvgIpc) is 2.90. The highest BCUT2D eigenvalue weighted by atomic mass is 127. The molecule has 8 heteroatoms. The second-order valence-electron chi connectivity index (χ2n) is 5.20. The molecule has 0 atom stereocenters. The van der Waals surface area contributed by atoms with Crippen LogP contribution < -0.4 is 11.1 Å². The second-order valence-corrected chi connectivity index (χ2v) is 5.20. The maximum absolute atomic E-state index is 5.85. The van der Waals surface area contributed by atoms with Gasteiger partial charge in [0.1, 0.15) is 0 Å². The molecule has 1 aromatic heterocycles. The van der Waals surface area contributed by atoms with Crippen LogP contribution in [0.3, 0.4) is 0 Å². The Balaban J connectivity index is 0.00000242. The van der Waals surface area contributed by atoms with E-state index in [9.17, 15) is 0 Å². The van der Waals surface area contributed by atoms with Gasteiger partial charge in [-0.3, -0.25) is 14.6 Å². The van der Waals surface area contributed by atoms with Crippen molar-refractivity contribution in [2.75, 3.05) is 45.9 Å². The van der Waals surface area contributed by atoms with Crippen molar-refractivity contribution in [2.45, 2.75) is 12.8 Å². The fraction of sp³-hybridized carbons (Fsp3) is 0.714. The summed E-state index contributed by atoms with van der Waals surface area (Å²) in [5, 5.41) is 7.27. The Morgan fingerprint density at radius 1 is 1.45 bits per heavy atom. The summed E-state index contributed by atoms with van der Waals surface area (Å²) in [6.07, 6.45) is 3.73. The van der Waals surface area contributed by atoms with E-state index in [0.717, 1.165) is 58.8 Å². The van der Waals surface area contributed by atoms with Crippen LogP contribution in [0.25, 0.3) is 0 Å². The minimum absolute atomic E-state index is 0. The molecule has 3 N–H and O–H groups in total. The van der Waals surface area contributed by atoms with Crippen LogP contribution in [0.15, 0.2) is 17.3 Å². The van der Waals surface area contributed by atoms with E-state index in [1.54, 1.807) is 6.20 Å². The summed E-state index contributed by atoms with van der Waals surface area (Å²) >= 11 is 0. The molecule has 0 spiro atoms. The Bertz CT molecular complexity index is 444. The van der Waals surface area contributed by atoms with Gasteiger partial charge in [-0.1, -0.05) is 0 Å². The number of guanidine groups is 1. The molecular weight excluding hydrogens is 395 g/mol. The molecule has 1 aliphatic rings. The van der Waals surface area contributed by atoms with Gasteiger partial charge in [-0.2, -0.15) is 5.10 Å². The summed E-state index contributed by atoms with van der Waals surface area (Å²) in [6.45, 7) is 6.36. The third-order valence-corrected chi connectivity index (χ3v) is 3.63. The van der Waals surface area contributed by atoms with Gasteiger partial charge in [0.05, 0.1) is 13.2 Å². The van der Waals surface area contributed by atoms with Crippen molar-refractivity contribution < 1.29 is 4.74 Å². The number of aryl methyl sites for hydroxylation is 1. The van der Waals surface area contributed by atoms with Gasteiger partial charge < -0.3 is 15.8 Å². The number of ether oxygens (including phenoxy) is 1. The van der Waals surface area contributed by atoms with E-state index in [1.807, 2.05) is 17.8 Å². The number of halogens is 1. The number of aliphatic imine (C=N–C) groups is 1. The standard InChI is InChI=1S/C14H26N6O.HI/c1-19-13(4-7-18-19)3-6-17-14(15)16-5-2-8-20-9-11-21-12-10-20;/h4,7H,2-3,5-6,8-12H2,1H3,(H3,15,16,17);1H. The molecule has 0 aromatic carbocycles. The summed E-state index contributed by atoms with van der Waals surface area (Å²) < 4.78 is 7.19. The molecule has 22 heavy (non-hydrogen) atoms. The molecule has 0 saturated carbocycles. The molecule has 0 unspecified atom stereocenters. The molecule has 1 saturated heterocycles. The molecule has 1 aliphatic heterocycles. The fourth-order valence-corrected chi connectivity index (χ4v) is 2.34. The normalized spacial score (nSPS) is 16.3. The number of nitrogens with two attached hydrogens (primary N) is 1. The Morgan fingerprint density at radius 3 is 2.91 bits per heavy atom. The maximum Gasteiger partial charge on any atom is 0.188 e. The van der Waals surface area contributed by atoms with Crippen molar-refractivity contribution in [2.24, 2.45) is 17.8 Å². The van der Waals surface area contributed by atoms with E-state index in [-0.39, 0.29) is 24.0 Å². The van der Waals surface area contributed by atoms with Crippen molar-refractivity contribution in [1.82, 2.24) is 20.0 Å². The minimum atomic E-state index is 0. The predicted octanol–water partition coefficient (Wildman–Crippen LogP) is 0.207. The summed E-state index contributed by atoms with van der Waals surface area (Å²) in [6, 6.07) is 2.01. The van der Waals surface area contributed by atoms with Gasteiger partial charge in [0.2, 0.25) is 0 Å². The Kier molecular flexibility index (Phi) is 9.41. The Labute approximate surface area is 149 Å². The van der Waals surface area contributed by atoms with Crippen molar-refractivity contribution in [1.29, 1.82) is 0 Å². The molecule has 126 valence electrons. The van der Waals surface area contributed by atoms with Gasteiger partial charge >= 0.3 is 0 Å². The first kappa shape index (κ1) is 19.2. The molecule has 7 nitrogen and oxygen atoms in total. The number of hydrogen-bond donors (Lipinski definition) is 2. The summed E-state index contributed by atoms with van der Waals surface area (Å²) in [5.74, 6) is 0.527. The number of rotatable bonds is 7. The number of aromatic nitrogens is 2. The van der Waals surface area contributed by atoms with Crippen LogP contribution in [-0.4, -0.2) is 66.6 Å². The van der Waals surface area contributed by atoms with Crippen LogP contribution in [-0.2, 0) is 18.2 Å². The highest BCUT2D eigenvalue weighted by Gasteiger charge is 2.08. The number of morpholine rings is 1. The highest BCUT2D eigenvalue weighted by Crippen LogP contribution is 1.98. The van der Waals surface area contributed by atoms with Crippen molar-refractivity contribution in [3.63, 3.8) is 0 Å². The van der Waals surface area contributed by atoms with Crippen LogP contribution in [0.5, 0.6) is 0 Å². The van der Waals surface area contributed by atoms with Crippen LogP contribution in [0.1, 0.15) is 12.1 Å². The smallest absolute Gasteiger partial charge is 0.188 e. The first-order valence-electron chi connectivity index (χ1n) is 7.56. The van der Waals surface area contributed by atoms with E-state index in [0.29, 0.717) is 5.96 Å². The first-order chi connectivity index (χ1) is 10.3. The van der Waals surface area contributed by atoms with E-state index in [1.165, 1.54) is 5.69 Å². The van der Waals surface area contributed by atoms with Gasteiger partial charge in [0.25, 0.3) is 0 Å². The summed E-state index contributed by atoms with van der Waals surface area (Å²) in [7, 11) is 1.94. The van der Waals surface area contributed by atoms with Gasteiger partial charge in [0, 0.05) is 58.1 Å². The fourth-order valence-electron chi connectivity index (χ4n) is 2.34. The van der Waals surface area contributed by atoms with E-state index in [4.69, 9.17) is 10.5 Å². The molecule has 1 fully saturated rings. The Morgan fingerprint density at radius 2 is 2.23 bits per heavy atom. The lowest BCUT2D eigenvalue weighted by molar-refractivity contribution is 0.0377. The van der Waals surface area contributed by atoms with Crippen molar-refractivity contribution in [3.05, 3.63) is 18.0 Å². The van der Waals surface area contributed by atoms with Crippen molar-refractivity contribution >= 4 is 29.9 Å². The van der Waals surface area contributed by atoms with E-state index in [2.05, 4.69) is 20.3 Å². The lowest BCUT2D eigenvalue weighted by Gasteiger charge is -2.26. The third kappa shape index (κ3) is 6.93. The monoisotopic (exact) mass is 422 g/mol. The zero-order valence-corrected chi connectivity index (χ0v) is 15.5. The number of nitrogens with zero attached hydrogens (tertiary/aromatic N) is 4. The van der Waals surface area contributed by atoms with Crippen molar-refractivity contribution in [3.8, 4) is 0 Å². The highest BCUT2D eigenvalue weighted by molar-refractivity contribution is 14.0. The van der Waals surface area contributed by atoms with E-state index < -0.39 is 0 Å². The first-order valence-corrected chi connectivity index (χ1v) is 7.56. The SMILES string of the molecule is Cn1nccc1CCNC(N)=NCCCN1CCOCC1.I. The lowest BCUT2D eigenvalue weighted by atomic mass is 10.3. The summed E-state index contributed by atoms with van der Waals surface area (Å²) in [4.78, 5) is 6.76. The van der Waals surface area contributed by atoms with Gasteiger partial charge in [0.15, 0.2) is 5.96 Å². The Hall–Kier alpha value is -0.870. The molecule has 0 aliphatic carbocycles. The number of nitrogens with one attached hydrogen (secondary N) is 1. The average molecular weight is 422 g/mol. The maximum atomic E-state index is 5.85. The molecule has 2 heterocycles. The molecular formula is C14H27IN6O. The van der Waals surface area contributed by atoms with Crippen LogP contribution in [0.2, 0.25) is 0 Å². The zero-order chi connectivity index (χ0) is 14.9. The predicted molar refractivity (Wildman–Crippen MR) is 98.7 cm³/mol. The van der Waals surface area contributed by atoms with Gasteiger partial charge in [-0.25, -0.2) is 0 Å². The second kappa shape index (κ2) is 10.8. The van der Waals surface area contributed by atoms with Gasteiger partial charge in [-0.05, 0) is 12.5 Å². The largest absolute Gasteiger partial charge is 0.379 e. The van der Waals surface area contributed by atoms with E-state index >= 15 is 0 Å². The molecule has 0 bridgehead atoms. The molecule has 2 rings (SSSR count). The number of hydrogen-bond acceptors (Lipinski definition) is 4. The third-order valence-electron chi connectivity index (χ3n) is 3.63. The van der Waals surface area contributed by atoms with Crippen LogP contribution in [0.4, 0.5) is 0 Å².